The standard InChI is InChI=1S/C14H23N3/c1-4-11-7-5-6-8-13(11)14-9-12(17(2)3)10-15-16-14/h9-11,13H,4-8H2,1-3H3/t11-,13?/m1/s1. The fourth-order valence-electron chi connectivity index (χ4n) is 2.88. The van der Waals surface area contributed by atoms with Gasteiger partial charge >= 0.3 is 0 Å². The summed E-state index contributed by atoms with van der Waals surface area (Å²) in [6.07, 6.45) is 8.47. The molecule has 1 heterocycles. The topological polar surface area (TPSA) is 29.0 Å². The highest BCUT2D eigenvalue weighted by molar-refractivity contribution is 5.43. The molecule has 3 nitrogen and oxygen atoms in total. The van der Waals surface area contributed by atoms with Crippen LogP contribution in [0, 0.1) is 5.92 Å². The van der Waals surface area contributed by atoms with Gasteiger partial charge in [0.25, 0.3) is 0 Å². The number of aromatic nitrogens is 2. The van der Waals surface area contributed by atoms with Crippen molar-refractivity contribution in [3.05, 3.63) is 18.0 Å². The van der Waals surface area contributed by atoms with Crippen LogP contribution in [-0.4, -0.2) is 24.3 Å². The van der Waals surface area contributed by atoms with Crippen molar-refractivity contribution in [3.8, 4) is 0 Å². The number of hydrogen-bond donors (Lipinski definition) is 0. The van der Waals surface area contributed by atoms with Crippen LogP contribution >= 0.6 is 0 Å². The van der Waals surface area contributed by atoms with Gasteiger partial charge < -0.3 is 4.90 Å². The Labute approximate surface area is 104 Å². The summed E-state index contributed by atoms with van der Waals surface area (Å²) in [6.45, 7) is 2.30. The average molecular weight is 233 g/mol. The van der Waals surface area contributed by atoms with Crippen LogP contribution in [0.15, 0.2) is 12.3 Å². The zero-order valence-electron chi connectivity index (χ0n) is 11.2. The highest BCUT2D eigenvalue weighted by Crippen LogP contribution is 2.39. The number of nitrogens with zero attached hydrogens (tertiary/aromatic N) is 3. The van der Waals surface area contributed by atoms with Gasteiger partial charge in [-0.1, -0.05) is 26.2 Å². The van der Waals surface area contributed by atoms with Gasteiger partial charge in [-0.05, 0) is 24.8 Å². The van der Waals surface area contributed by atoms with E-state index in [1.54, 1.807) is 0 Å². The van der Waals surface area contributed by atoms with Crippen LogP contribution in [0.1, 0.15) is 50.6 Å². The highest BCUT2D eigenvalue weighted by atomic mass is 15.1. The predicted octanol–water partition coefficient (Wildman–Crippen LogP) is 3.23. The molecule has 94 valence electrons. The molecule has 17 heavy (non-hydrogen) atoms. The summed E-state index contributed by atoms with van der Waals surface area (Å²) in [7, 11) is 4.11. The van der Waals surface area contributed by atoms with Crippen LogP contribution < -0.4 is 4.90 Å². The van der Waals surface area contributed by atoms with Crippen LogP contribution in [0.25, 0.3) is 0 Å². The molecule has 2 atom stereocenters. The molecule has 3 heteroatoms. The third-order valence-electron chi connectivity index (χ3n) is 3.99. The smallest absolute Gasteiger partial charge is 0.0729 e. The Bertz CT molecular complexity index is 362. The van der Waals surface area contributed by atoms with Gasteiger partial charge in [-0.15, -0.1) is 0 Å². The first-order chi connectivity index (χ1) is 8.22. The van der Waals surface area contributed by atoms with Crippen molar-refractivity contribution in [1.82, 2.24) is 10.2 Å². The van der Waals surface area contributed by atoms with Crippen molar-refractivity contribution in [3.63, 3.8) is 0 Å². The number of rotatable bonds is 3. The van der Waals surface area contributed by atoms with Gasteiger partial charge in [-0.2, -0.15) is 10.2 Å². The van der Waals surface area contributed by atoms with Crippen molar-refractivity contribution < 1.29 is 0 Å². The Morgan fingerprint density at radius 3 is 2.76 bits per heavy atom. The molecule has 0 bridgehead atoms. The first-order valence-corrected chi connectivity index (χ1v) is 6.72. The van der Waals surface area contributed by atoms with Gasteiger partial charge in [0.1, 0.15) is 0 Å². The Morgan fingerprint density at radius 2 is 2.06 bits per heavy atom. The fourth-order valence-corrected chi connectivity index (χ4v) is 2.88. The molecular formula is C14H23N3. The quantitative estimate of drug-likeness (QED) is 0.802. The zero-order valence-corrected chi connectivity index (χ0v) is 11.2. The van der Waals surface area contributed by atoms with Crippen LogP contribution in [-0.2, 0) is 0 Å². The van der Waals surface area contributed by atoms with Crippen LogP contribution in [0.3, 0.4) is 0 Å². The lowest BCUT2D eigenvalue weighted by molar-refractivity contribution is 0.293. The van der Waals surface area contributed by atoms with Crippen molar-refractivity contribution in [2.75, 3.05) is 19.0 Å². The summed E-state index contributed by atoms with van der Waals surface area (Å²) in [5.41, 5.74) is 2.36. The van der Waals surface area contributed by atoms with Gasteiger partial charge in [0, 0.05) is 20.0 Å². The monoisotopic (exact) mass is 233 g/mol. The molecule has 0 aromatic carbocycles. The Morgan fingerprint density at radius 1 is 1.29 bits per heavy atom. The maximum absolute atomic E-state index is 4.37. The molecule has 0 N–H and O–H groups in total. The molecule has 0 radical (unpaired) electrons. The van der Waals surface area contributed by atoms with E-state index in [2.05, 4.69) is 42.2 Å². The lowest BCUT2D eigenvalue weighted by Gasteiger charge is -2.30. The molecule has 0 amide bonds. The molecule has 1 unspecified atom stereocenters. The zero-order chi connectivity index (χ0) is 12.3. The Hall–Kier alpha value is -1.12. The maximum atomic E-state index is 4.37. The Balaban J connectivity index is 2.22. The molecule has 0 spiro atoms. The van der Waals surface area contributed by atoms with Crippen molar-refractivity contribution in [2.45, 2.75) is 44.9 Å². The summed E-state index contributed by atoms with van der Waals surface area (Å²) >= 11 is 0. The lowest BCUT2D eigenvalue weighted by atomic mass is 9.76. The first-order valence-electron chi connectivity index (χ1n) is 6.72. The average Bonchev–Trinajstić information content (AvgIpc) is 2.39. The van der Waals surface area contributed by atoms with Gasteiger partial charge in [0.2, 0.25) is 0 Å². The minimum atomic E-state index is 0.626. The van der Waals surface area contributed by atoms with E-state index in [9.17, 15) is 0 Å². The molecule has 0 saturated heterocycles. The van der Waals surface area contributed by atoms with E-state index in [1.807, 2.05) is 6.20 Å². The van der Waals surface area contributed by atoms with Crippen molar-refractivity contribution >= 4 is 5.69 Å². The van der Waals surface area contributed by atoms with Crippen molar-refractivity contribution in [2.24, 2.45) is 5.92 Å². The largest absolute Gasteiger partial charge is 0.376 e. The molecule has 2 rings (SSSR count). The summed E-state index contributed by atoms with van der Waals surface area (Å²) in [6, 6.07) is 2.21. The number of hydrogen-bond acceptors (Lipinski definition) is 3. The third-order valence-corrected chi connectivity index (χ3v) is 3.99. The minimum absolute atomic E-state index is 0.626. The summed E-state index contributed by atoms with van der Waals surface area (Å²) in [5, 5.41) is 8.53. The molecule has 1 aromatic rings. The second-order valence-corrected chi connectivity index (χ2v) is 5.29. The van der Waals surface area contributed by atoms with E-state index in [0.717, 1.165) is 11.6 Å². The van der Waals surface area contributed by atoms with Gasteiger partial charge in [0.15, 0.2) is 0 Å². The van der Waals surface area contributed by atoms with E-state index < -0.39 is 0 Å². The number of anilines is 1. The van der Waals surface area contributed by atoms with Crippen molar-refractivity contribution in [1.29, 1.82) is 0 Å². The van der Waals surface area contributed by atoms with E-state index in [0.29, 0.717) is 5.92 Å². The molecule has 0 aliphatic heterocycles. The van der Waals surface area contributed by atoms with Crippen LogP contribution in [0.5, 0.6) is 0 Å². The predicted molar refractivity (Wildman–Crippen MR) is 71.3 cm³/mol. The summed E-state index contributed by atoms with van der Waals surface area (Å²) in [4.78, 5) is 2.10. The molecular weight excluding hydrogens is 210 g/mol. The summed E-state index contributed by atoms with van der Waals surface area (Å²) < 4.78 is 0. The van der Waals surface area contributed by atoms with Gasteiger partial charge in [0.05, 0.1) is 17.6 Å². The summed E-state index contributed by atoms with van der Waals surface area (Å²) in [5.74, 6) is 1.43. The second kappa shape index (κ2) is 5.48. The minimum Gasteiger partial charge on any atom is -0.376 e. The van der Waals surface area contributed by atoms with Crippen LogP contribution in [0.2, 0.25) is 0 Å². The van der Waals surface area contributed by atoms with E-state index in [4.69, 9.17) is 0 Å². The molecule has 1 aliphatic carbocycles. The van der Waals surface area contributed by atoms with Crippen LogP contribution in [0.4, 0.5) is 5.69 Å². The molecule has 1 saturated carbocycles. The van der Waals surface area contributed by atoms with Gasteiger partial charge in [-0.3, -0.25) is 0 Å². The molecule has 1 aliphatic rings. The second-order valence-electron chi connectivity index (χ2n) is 5.29. The molecule has 1 fully saturated rings. The van der Waals surface area contributed by atoms with E-state index in [1.165, 1.54) is 37.8 Å². The third kappa shape index (κ3) is 2.76. The Kier molecular flexibility index (Phi) is 3.97. The van der Waals surface area contributed by atoms with Gasteiger partial charge in [-0.25, -0.2) is 0 Å². The SMILES string of the molecule is CC[C@@H]1CCCCC1c1cc(N(C)C)cnn1. The lowest BCUT2D eigenvalue weighted by Crippen LogP contribution is -2.19. The van der Waals surface area contributed by atoms with E-state index in [-0.39, 0.29) is 0 Å². The normalized spacial score (nSPS) is 24.6. The fraction of sp³-hybridized carbons (Fsp3) is 0.714. The molecule has 1 aromatic heterocycles. The first kappa shape index (κ1) is 12.3. The highest BCUT2D eigenvalue weighted by Gasteiger charge is 2.26. The maximum Gasteiger partial charge on any atom is 0.0729 e. The van der Waals surface area contributed by atoms with E-state index >= 15 is 0 Å².